The van der Waals surface area contributed by atoms with Gasteiger partial charge in [-0.05, 0) is 50.1 Å². The second-order valence-electron chi connectivity index (χ2n) is 7.68. The molecule has 0 spiro atoms. The summed E-state index contributed by atoms with van der Waals surface area (Å²) in [6, 6.07) is 14.6. The molecule has 0 N–H and O–H groups in total. The molecule has 2 heterocycles. The molecule has 6 heteroatoms. The monoisotopic (exact) mass is 405 g/mol. The predicted octanol–water partition coefficient (Wildman–Crippen LogP) is 5.18. The van der Waals surface area contributed by atoms with Crippen molar-refractivity contribution >= 4 is 38.4 Å². The first-order chi connectivity index (χ1) is 14.1. The van der Waals surface area contributed by atoms with Gasteiger partial charge >= 0.3 is 0 Å². The highest BCUT2D eigenvalue weighted by Gasteiger charge is 2.31. The summed E-state index contributed by atoms with van der Waals surface area (Å²) in [6.07, 6.45) is 2.34. The number of nitrogens with zero attached hydrogens (tertiary/aromatic N) is 3. The number of hydrogen-bond donors (Lipinski definition) is 0. The van der Waals surface area contributed by atoms with Crippen LogP contribution in [0, 0.1) is 6.92 Å². The Morgan fingerprint density at radius 2 is 2.07 bits per heavy atom. The Kier molecular flexibility index (Phi) is 4.32. The predicted molar refractivity (Wildman–Crippen MR) is 117 cm³/mol. The van der Waals surface area contributed by atoms with Crippen molar-refractivity contribution in [2.45, 2.75) is 32.4 Å². The lowest BCUT2D eigenvalue weighted by molar-refractivity contribution is 0.0786. The van der Waals surface area contributed by atoms with Gasteiger partial charge < -0.3 is 14.2 Å². The number of thiazole rings is 1. The molecule has 0 radical (unpaired) electrons. The number of para-hydroxylation sites is 1. The Hall–Kier alpha value is -2.86. The van der Waals surface area contributed by atoms with Crippen LogP contribution in [-0.2, 0) is 6.54 Å². The first kappa shape index (κ1) is 18.2. The van der Waals surface area contributed by atoms with E-state index in [0.29, 0.717) is 12.6 Å². The molecular weight excluding hydrogens is 382 g/mol. The number of methoxy groups -OCH3 is 1. The molecule has 5 nitrogen and oxygen atoms in total. The van der Waals surface area contributed by atoms with Crippen molar-refractivity contribution in [1.29, 1.82) is 0 Å². The van der Waals surface area contributed by atoms with E-state index in [1.165, 1.54) is 12.8 Å². The summed E-state index contributed by atoms with van der Waals surface area (Å²) in [7, 11) is 3.51. The lowest BCUT2D eigenvalue weighted by Gasteiger charge is -2.16. The summed E-state index contributed by atoms with van der Waals surface area (Å²) in [5.41, 5.74) is 3.91. The van der Waals surface area contributed by atoms with Crippen LogP contribution in [0.5, 0.6) is 5.75 Å². The molecule has 0 saturated heterocycles. The van der Waals surface area contributed by atoms with Gasteiger partial charge in [-0.2, -0.15) is 0 Å². The van der Waals surface area contributed by atoms with E-state index in [1.54, 1.807) is 23.3 Å². The van der Waals surface area contributed by atoms with E-state index in [2.05, 4.69) is 28.6 Å². The van der Waals surface area contributed by atoms with Gasteiger partial charge in [0, 0.05) is 29.7 Å². The molecule has 0 unspecified atom stereocenters. The van der Waals surface area contributed by atoms with Gasteiger partial charge in [0.25, 0.3) is 5.91 Å². The summed E-state index contributed by atoms with van der Waals surface area (Å²) >= 11 is 1.64. The fraction of sp³-hybridized carbons (Fsp3) is 0.304. The van der Waals surface area contributed by atoms with Crippen LogP contribution in [0.1, 0.15) is 39.9 Å². The summed E-state index contributed by atoms with van der Waals surface area (Å²) in [5.74, 6) is 0.799. The molecule has 29 heavy (non-hydrogen) atoms. The van der Waals surface area contributed by atoms with Gasteiger partial charge in [-0.3, -0.25) is 4.79 Å². The summed E-state index contributed by atoms with van der Waals surface area (Å²) in [4.78, 5) is 20.0. The molecule has 1 saturated carbocycles. The van der Waals surface area contributed by atoms with Crippen molar-refractivity contribution in [1.82, 2.24) is 14.5 Å². The molecule has 1 aliphatic rings. The largest absolute Gasteiger partial charge is 0.497 e. The number of hydrogen-bond acceptors (Lipinski definition) is 4. The van der Waals surface area contributed by atoms with Crippen molar-refractivity contribution in [3.63, 3.8) is 0 Å². The van der Waals surface area contributed by atoms with E-state index in [4.69, 9.17) is 4.74 Å². The van der Waals surface area contributed by atoms with E-state index in [0.717, 1.165) is 43.1 Å². The minimum atomic E-state index is 0.0272. The molecule has 4 aromatic rings. The molecule has 5 rings (SSSR count). The lowest BCUT2D eigenvalue weighted by Crippen LogP contribution is -2.26. The standard InChI is InChI=1S/C23H23N3O2S/c1-14-22(17-12-16(28-3)10-11-19(17)26(14)15-8-9-15)23(27)25(2)13-21-24-18-6-4-5-7-20(18)29-21/h4-7,10-12,15H,8-9,13H2,1-3H3. The van der Waals surface area contributed by atoms with Crippen LogP contribution in [-0.4, -0.2) is 34.5 Å². The zero-order valence-electron chi connectivity index (χ0n) is 16.8. The van der Waals surface area contributed by atoms with Gasteiger partial charge in [-0.1, -0.05) is 12.1 Å². The summed E-state index contributed by atoms with van der Waals surface area (Å²) in [6.45, 7) is 2.56. The molecule has 148 valence electrons. The number of amides is 1. The maximum atomic E-state index is 13.5. The van der Waals surface area contributed by atoms with E-state index >= 15 is 0 Å². The van der Waals surface area contributed by atoms with Gasteiger partial charge in [-0.15, -0.1) is 11.3 Å². The first-order valence-electron chi connectivity index (χ1n) is 9.85. The van der Waals surface area contributed by atoms with Crippen LogP contribution < -0.4 is 4.74 Å². The zero-order chi connectivity index (χ0) is 20.1. The Morgan fingerprint density at radius 3 is 2.79 bits per heavy atom. The SMILES string of the molecule is COc1ccc2c(c1)c(C(=O)N(C)Cc1nc3ccccc3s1)c(C)n2C1CC1. The van der Waals surface area contributed by atoms with Crippen molar-refractivity contribution in [3.8, 4) is 5.75 Å². The number of carbonyl (C=O) groups is 1. The van der Waals surface area contributed by atoms with E-state index in [-0.39, 0.29) is 5.91 Å². The van der Waals surface area contributed by atoms with Crippen molar-refractivity contribution in [2.75, 3.05) is 14.2 Å². The third kappa shape index (κ3) is 3.08. The normalized spacial score (nSPS) is 13.9. The maximum Gasteiger partial charge on any atom is 0.256 e. The number of carbonyl (C=O) groups excluding carboxylic acids is 1. The fourth-order valence-corrected chi connectivity index (χ4v) is 5.10. The van der Waals surface area contributed by atoms with Crippen LogP contribution in [0.15, 0.2) is 42.5 Å². The van der Waals surface area contributed by atoms with Crippen LogP contribution >= 0.6 is 11.3 Å². The molecule has 0 atom stereocenters. The van der Waals surface area contributed by atoms with Crippen LogP contribution in [0.25, 0.3) is 21.1 Å². The van der Waals surface area contributed by atoms with Crippen LogP contribution in [0.2, 0.25) is 0 Å². The third-order valence-electron chi connectivity index (χ3n) is 5.64. The maximum absolute atomic E-state index is 13.5. The summed E-state index contributed by atoms with van der Waals surface area (Å²) < 4.78 is 8.90. The summed E-state index contributed by atoms with van der Waals surface area (Å²) in [5, 5.41) is 1.91. The average molecular weight is 406 g/mol. The number of benzene rings is 2. The van der Waals surface area contributed by atoms with Gasteiger partial charge in [0.15, 0.2) is 0 Å². The Morgan fingerprint density at radius 1 is 1.28 bits per heavy atom. The third-order valence-corrected chi connectivity index (χ3v) is 6.66. The van der Waals surface area contributed by atoms with Gasteiger partial charge in [0.05, 0.1) is 29.4 Å². The number of ether oxygens (including phenoxy) is 1. The number of aromatic nitrogens is 2. The zero-order valence-corrected chi connectivity index (χ0v) is 17.6. The van der Waals surface area contributed by atoms with Gasteiger partial charge in [-0.25, -0.2) is 4.98 Å². The molecule has 0 aliphatic heterocycles. The minimum absolute atomic E-state index is 0.0272. The van der Waals surface area contributed by atoms with Crippen LogP contribution in [0.4, 0.5) is 0 Å². The molecule has 0 bridgehead atoms. The van der Waals surface area contributed by atoms with Crippen molar-refractivity contribution in [2.24, 2.45) is 0 Å². The van der Waals surface area contributed by atoms with Crippen molar-refractivity contribution < 1.29 is 9.53 Å². The van der Waals surface area contributed by atoms with Crippen LogP contribution in [0.3, 0.4) is 0 Å². The number of fused-ring (bicyclic) bond motifs is 2. The topological polar surface area (TPSA) is 47.4 Å². The first-order valence-corrected chi connectivity index (χ1v) is 10.7. The molecule has 1 fully saturated rings. The molecule has 1 amide bonds. The quantitative estimate of drug-likeness (QED) is 0.460. The van der Waals surface area contributed by atoms with E-state index < -0.39 is 0 Å². The second kappa shape index (κ2) is 6.88. The van der Waals surface area contributed by atoms with Gasteiger partial charge in [0.2, 0.25) is 0 Å². The smallest absolute Gasteiger partial charge is 0.256 e. The molecular formula is C23H23N3O2S. The number of rotatable bonds is 5. The Labute approximate surface area is 173 Å². The molecule has 1 aliphatic carbocycles. The Balaban J connectivity index is 1.53. The highest BCUT2D eigenvalue weighted by atomic mass is 32.1. The van der Waals surface area contributed by atoms with E-state index in [1.807, 2.05) is 37.4 Å². The van der Waals surface area contributed by atoms with E-state index in [9.17, 15) is 4.79 Å². The highest BCUT2D eigenvalue weighted by Crippen LogP contribution is 2.42. The highest BCUT2D eigenvalue weighted by molar-refractivity contribution is 7.18. The lowest BCUT2D eigenvalue weighted by atomic mass is 10.1. The minimum Gasteiger partial charge on any atom is -0.497 e. The van der Waals surface area contributed by atoms with Gasteiger partial charge in [0.1, 0.15) is 10.8 Å². The van der Waals surface area contributed by atoms with Crippen molar-refractivity contribution in [3.05, 3.63) is 58.7 Å². The molecule has 2 aromatic carbocycles. The Bertz CT molecular complexity index is 1200. The second-order valence-corrected chi connectivity index (χ2v) is 8.80. The molecule has 2 aromatic heterocycles. The fourth-order valence-electron chi connectivity index (χ4n) is 4.07. The average Bonchev–Trinajstić information content (AvgIpc) is 3.40.